The van der Waals surface area contributed by atoms with Crippen LogP contribution >= 0.6 is 11.6 Å². The number of rotatable bonds is 5. The Bertz CT molecular complexity index is 1210. The van der Waals surface area contributed by atoms with E-state index in [0.29, 0.717) is 16.7 Å². The lowest BCUT2D eigenvalue weighted by Gasteiger charge is -2.30. The van der Waals surface area contributed by atoms with Crippen LogP contribution in [0.4, 0.5) is 8.78 Å². The Morgan fingerprint density at radius 1 is 1.09 bits per heavy atom. The van der Waals surface area contributed by atoms with Gasteiger partial charge in [0.05, 0.1) is 0 Å². The van der Waals surface area contributed by atoms with E-state index in [2.05, 4.69) is 10.6 Å². The van der Waals surface area contributed by atoms with Gasteiger partial charge >= 0.3 is 5.92 Å². The Balaban J connectivity index is 1.53. The molecule has 174 valence electrons. The number of benzene rings is 2. The second-order valence-electron chi connectivity index (χ2n) is 8.93. The summed E-state index contributed by atoms with van der Waals surface area (Å²) in [4.78, 5) is 50.4. The number of nitrogens with zero attached hydrogens (tertiary/aromatic N) is 1. The molecule has 1 fully saturated rings. The molecule has 2 heterocycles. The van der Waals surface area contributed by atoms with Crippen LogP contribution in [0.1, 0.15) is 39.9 Å². The summed E-state index contributed by atoms with van der Waals surface area (Å²) in [5.41, 5.74) is 1.04. The zero-order valence-corrected chi connectivity index (χ0v) is 19.2. The Hall–Kier alpha value is -3.20. The van der Waals surface area contributed by atoms with Crippen molar-refractivity contribution in [2.75, 3.05) is 0 Å². The first-order chi connectivity index (χ1) is 15.9. The number of amides is 4. The maximum atomic E-state index is 14.8. The van der Waals surface area contributed by atoms with Gasteiger partial charge in [-0.1, -0.05) is 35.9 Å². The highest BCUT2D eigenvalue weighted by atomic mass is 35.5. The first-order valence-electron chi connectivity index (χ1n) is 10.6. The molecular weight excluding hydrogens is 465 g/mol. The van der Waals surface area contributed by atoms with E-state index >= 15 is 0 Å². The number of fused-ring (bicyclic) bond motifs is 1. The van der Waals surface area contributed by atoms with Gasteiger partial charge in [-0.15, -0.1) is 0 Å². The first-order valence-corrected chi connectivity index (χ1v) is 11.0. The third-order valence-corrected chi connectivity index (χ3v) is 6.42. The topological polar surface area (TPSA) is 95.6 Å². The van der Waals surface area contributed by atoms with E-state index in [-0.39, 0.29) is 36.2 Å². The summed E-state index contributed by atoms with van der Waals surface area (Å²) >= 11 is 5.75. The van der Waals surface area contributed by atoms with Gasteiger partial charge in [0.2, 0.25) is 11.8 Å². The standard InChI is InChI=1S/C22H20B2ClF2N3O4/c23-22(24,29-20(34)21(26,27)12-1-4-14(25)5-2-12)13-3-6-15-11(9-13)10-30(19(15)33)16-7-8-17(31)28-18(16)32/h1-6,9,16H,7-8,10,23-24H2,(H,29,34)(H,28,31,32). The molecule has 0 spiro atoms. The maximum absolute atomic E-state index is 14.8. The molecule has 2 N–H and O–H groups in total. The van der Waals surface area contributed by atoms with Crippen molar-refractivity contribution in [3.05, 3.63) is 69.7 Å². The molecule has 4 amide bonds. The Kier molecular flexibility index (Phi) is 6.01. The van der Waals surface area contributed by atoms with E-state index in [1.165, 1.54) is 17.0 Å². The summed E-state index contributed by atoms with van der Waals surface area (Å²) in [6.45, 7) is 0.138. The van der Waals surface area contributed by atoms with Gasteiger partial charge in [0.1, 0.15) is 21.7 Å². The second-order valence-corrected chi connectivity index (χ2v) is 9.37. The van der Waals surface area contributed by atoms with Crippen molar-refractivity contribution in [1.29, 1.82) is 0 Å². The van der Waals surface area contributed by atoms with E-state index in [1.807, 2.05) is 0 Å². The van der Waals surface area contributed by atoms with E-state index in [4.69, 9.17) is 11.6 Å². The van der Waals surface area contributed by atoms with Crippen molar-refractivity contribution >= 4 is 50.9 Å². The fraction of sp³-hybridized carbons (Fsp3) is 0.273. The van der Waals surface area contributed by atoms with Crippen molar-refractivity contribution in [3.8, 4) is 0 Å². The molecule has 2 aliphatic heterocycles. The van der Waals surface area contributed by atoms with Gasteiger partial charge in [0.25, 0.3) is 11.8 Å². The van der Waals surface area contributed by atoms with Gasteiger partial charge in [-0.05, 0) is 35.7 Å². The molecule has 1 unspecified atom stereocenters. The van der Waals surface area contributed by atoms with Crippen LogP contribution in [0.2, 0.25) is 5.02 Å². The zero-order valence-electron chi connectivity index (χ0n) is 18.5. The SMILES string of the molecule is BC(B)(NC(=O)C(F)(F)c1ccc(Cl)cc1)c1ccc2c(c1)CN(C1CCC(=O)NC1=O)C2=O. The van der Waals surface area contributed by atoms with Gasteiger partial charge in [0, 0.05) is 34.5 Å². The number of alkyl halides is 2. The van der Waals surface area contributed by atoms with Gasteiger partial charge in [-0.2, -0.15) is 8.78 Å². The van der Waals surface area contributed by atoms with Crippen molar-refractivity contribution < 1.29 is 28.0 Å². The molecule has 0 aliphatic carbocycles. The molecule has 2 aromatic rings. The van der Waals surface area contributed by atoms with Crippen LogP contribution < -0.4 is 10.6 Å². The molecule has 2 aliphatic rings. The first kappa shape index (κ1) is 23.9. The summed E-state index contributed by atoms with van der Waals surface area (Å²) in [5, 5.41) is 3.73. The van der Waals surface area contributed by atoms with E-state index in [0.717, 1.165) is 12.1 Å². The van der Waals surface area contributed by atoms with Gasteiger partial charge in [0.15, 0.2) is 0 Å². The van der Waals surface area contributed by atoms with Crippen LogP contribution in [-0.4, -0.2) is 50.3 Å². The lowest BCUT2D eigenvalue weighted by atomic mass is 9.57. The number of piperidine rings is 1. The summed E-state index contributed by atoms with van der Waals surface area (Å²) in [5.74, 6) is -6.49. The maximum Gasteiger partial charge on any atom is 0.349 e. The molecule has 1 saturated heterocycles. The predicted molar refractivity (Wildman–Crippen MR) is 125 cm³/mol. The van der Waals surface area contributed by atoms with Crippen LogP contribution in [0.3, 0.4) is 0 Å². The Morgan fingerprint density at radius 2 is 1.74 bits per heavy atom. The summed E-state index contributed by atoms with van der Waals surface area (Å²) in [6.07, 6.45) is 0.376. The van der Waals surface area contributed by atoms with Crippen molar-refractivity contribution in [2.24, 2.45) is 0 Å². The van der Waals surface area contributed by atoms with Crippen molar-refractivity contribution in [2.45, 2.75) is 36.7 Å². The molecular formula is C22H20B2ClF2N3O4. The molecule has 0 bridgehead atoms. The molecule has 1 atom stereocenters. The minimum absolute atomic E-state index is 0.138. The molecule has 12 heteroatoms. The number of nitrogens with one attached hydrogen (secondary N) is 2. The van der Waals surface area contributed by atoms with Gasteiger partial charge in [-0.3, -0.25) is 24.5 Å². The van der Waals surface area contributed by atoms with Gasteiger partial charge < -0.3 is 10.2 Å². The van der Waals surface area contributed by atoms with Crippen molar-refractivity contribution in [3.63, 3.8) is 0 Å². The van der Waals surface area contributed by atoms with Crippen LogP contribution in [0, 0.1) is 0 Å². The minimum Gasteiger partial charge on any atom is -0.357 e. The molecule has 0 aromatic heterocycles. The lowest BCUT2D eigenvalue weighted by Crippen LogP contribution is -2.52. The number of hydrogen-bond acceptors (Lipinski definition) is 4. The van der Waals surface area contributed by atoms with Crippen LogP contribution in [0.25, 0.3) is 0 Å². The average molecular weight is 485 g/mol. The second kappa shape index (κ2) is 8.54. The average Bonchev–Trinajstić information content (AvgIpc) is 3.09. The normalized spacial score (nSPS) is 18.5. The Labute approximate surface area is 201 Å². The van der Waals surface area contributed by atoms with Crippen LogP contribution in [0.5, 0.6) is 0 Å². The fourth-order valence-electron chi connectivity index (χ4n) is 4.19. The molecule has 0 saturated carbocycles. The Morgan fingerprint density at radius 3 is 2.38 bits per heavy atom. The number of carbonyl (C=O) groups excluding carboxylic acids is 4. The monoisotopic (exact) mass is 485 g/mol. The number of halogens is 3. The van der Waals surface area contributed by atoms with Crippen molar-refractivity contribution in [1.82, 2.24) is 15.5 Å². The summed E-state index contributed by atoms with van der Waals surface area (Å²) in [7, 11) is 3.17. The number of hydrogen-bond donors (Lipinski definition) is 2. The highest BCUT2D eigenvalue weighted by Crippen LogP contribution is 2.32. The third kappa shape index (κ3) is 4.32. The molecule has 7 nitrogen and oxygen atoms in total. The van der Waals surface area contributed by atoms with E-state index in [9.17, 15) is 28.0 Å². The molecule has 34 heavy (non-hydrogen) atoms. The molecule has 4 rings (SSSR count). The van der Waals surface area contributed by atoms with Crippen LogP contribution in [0.15, 0.2) is 42.5 Å². The summed E-state index contributed by atoms with van der Waals surface area (Å²) < 4.78 is 29.5. The van der Waals surface area contributed by atoms with E-state index in [1.54, 1.807) is 33.9 Å². The van der Waals surface area contributed by atoms with E-state index < -0.39 is 34.7 Å². The highest BCUT2D eigenvalue weighted by molar-refractivity contribution is 6.40. The van der Waals surface area contributed by atoms with Crippen LogP contribution in [-0.2, 0) is 32.2 Å². The molecule has 2 aromatic carbocycles. The quantitative estimate of drug-likeness (QED) is 0.473. The smallest absolute Gasteiger partial charge is 0.349 e. The fourth-order valence-corrected chi connectivity index (χ4v) is 4.31. The third-order valence-electron chi connectivity index (χ3n) is 6.16. The zero-order chi connectivity index (χ0) is 24.8. The largest absolute Gasteiger partial charge is 0.357 e. The minimum atomic E-state index is -3.78. The molecule has 0 radical (unpaired) electrons. The number of imide groups is 1. The number of carbonyl (C=O) groups is 4. The van der Waals surface area contributed by atoms with Gasteiger partial charge in [-0.25, -0.2) is 0 Å². The predicted octanol–water partition coefficient (Wildman–Crippen LogP) is 0.386. The lowest BCUT2D eigenvalue weighted by molar-refractivity contribution is -0.147. The highest BCUT2D eigenvalue weighted by Gasteiger charge is 2.44. The summed E-state index contributed by atoms with van der Waals surface area (Å²) in [6, 6.07) is 8.82.